The van der Waals surface area contributed by atoms with Crippen molar-refractivity contribution in [1.29, 1.82) is 0 Å². The molecule has 0 fully saturated rings. The van der Waals surface area contributed by atoms with Crippen LogP contribution in [-0.4, -0.2) is 21.8 Å². The van der Waals surface area contributed by atoms with E-state index in [9.17, 15) is 5.11 Å². The molecule has 0 aliphatic carbocycles. The van der Waals surface area contributed by atoms with Gasteiger partial charge in [-0.3, -0.25) is 0 Å². The van der Waals surface area contributed by atoms with Gasteiger partial charge in [0.15, 0.2) is 0 Å². The lowest BCUT2D eigenvalue weighted by atomic mass is 10.0. The van der Waals surface area contributed by atoms with E-state index in [0.29, 0.717) is 18.9 Å². The molecule has 1 unspecified atom stereocenters. The minimum atomic E-state index is -0.564. The van der Waals surface area contributed by atoms with E-state index in [1.54, 1.807) is 6.07 Å². The number of nitrogen functional groups attached to an aromatic ring is 1. The summed E-state index contributed by atoms with van der Waals surface area (Å²) in [5.74, 6) is 0.403. The molecule has 1 heterocycles. The van der Waals surface area contributed by atoms with E-state index < -0.39 is 6.10 Å². The van der Waals surface area contributed by atoms with Gasteiger partial charge in [-0.05, 0) is 34.5 Å². The van der Waals surface area contributed by atoms with Gasteiger partial charge in [-0.2, -0.15) is 5.10 Å². The fourth-order valence-electron chi connectivity index (χ4n) is 2.33. The largest absolute Gasteiger partial charge is 0.387 e. The van der Waals surface area contributed by atoms with E-state index in [0.717, 1.165) is 16.6 Å². The van der Waals surface area contributed by atoms with Gasteiger partial charge < -0.3 is 16.2 Å². The maximum atomic E-state index is 10.3. The third-order valence-electron chi connectivity index (χ3n) is 3.54. The molecular weight excluding hydrogens is 276 g/mol. The van der Waals surface area contributed by atoms with Crippen LogP contribution in [0.15, 0.2) is 54.6 Å². The molecule has 5 nitrogen and oxygen atoms in total. The molecule has 1 atom stereocenters. The summed E-state index contributed by atoms with van der Waals surface area (Å²) in [5.41, 5.74) is 7.18. The Morgan fingerprint density at radius 1 is 1.00 bits per heavy atom. The van der Waals surface area contributed by atoms with Crippen LogP contribution in [-0.2, 0) is 6.54 Å². The van der Waals surface area contributed by atoms with Gasteiger partial charge in [0, 0.05) is 13.1 Å². The van der Waals surface area contributed by atoms with Gasteiger partial charge in [0.2, 0.25) is 0 Å². The minimum absolute atomic E-state index is 0.403. The summed E-state index contributed by atoms with van der Waals surface area (Å²) in [6, 6.07) is 17.6. The number of fused-ring (bicyclic) bond motifs is 1. The highest BCUT2D eigenvalue weighted by Crippen LogP contribution is 2.20. The summed E-state index contributed by atoms with van der Waals surface area (Å²) in [7, 11) is 0. The first-order chi connectivity index (χ1) is 10.7. The first kappa shape index (κ1) is 14.4. The first-order valence-electron chi connectivity index (χ1n) is 7.18. The van der Waals surface area contributed by atoms with Gasteiger partial charge >= 0.3 is 0 Å². The third kappa shape index (κ3) is 3.39. The van der Waals surface area contributed by atoms with Crippen LogP contribution in [0.2, 0.25) is 0 Å². The maximum Gasteiger partial charge on any atom is 0.146 e. The summed E-state index contributed by atoms with van der Waals surface area (Å²) in [6.45, 7) is 0.988. The van der Waals surface area contributed by atoms with Gasteiger partial charge in [-0.15, -0.1) is 5.10 Å². The minimum Gasteiger partial charge on any atom is -0.387 e. The molecule has 0 spiro atoms. The summed E-state index contributed by atoms with van der Waals surface area (Å²) in [6.07, 6.45) is -0.564. The SMILES string of the molecule is Nc1ccc(CNCC(O)c2ccc3ccccc3c2)nn1. The van der Waals surface area contributed by atoms with Crippen molar-refractivity contribution in [2.24, 2.45) is 0 Å². The van der Waals surface area contributed by atoms with Gasteiger partial charge in [-0.25, -0.2) is 0 Å². The molecule has 22 heavy (non-hydrogen) atoms. The van der Waals surface area contributed by atoms with E-state index in [4.69, 9.17) is 5.73 Å². The van der Waals surface area contributed by atoms with Crippen LogP contribution in [0.1, 0.15) is 17.4 Å². The number of nitrogens with zero attached hydrogens (tertiary/aromatic N) is 2. The zero-order valence-corrected chi connectivity index (χ0v) is 12.1. The molecule has 3 rings (SSSR count). The number of nitrogens with one attached hydrogen (secondary N) is 1. The van der Waals surface area contributed by atoms with Crippen LogP contribution < -0.4 is 11.1 Å². The molecule has 3 aromatic rings. The second kappa shape index (κ2) is 6.51. The lowest BCUT2D eigenvalue weighted by molar-refractivity contribution is 0.174. The van der Waals surface area contributed by atoms with Crippen molar-refractivity contribution in [3.05, 3.63) is 65.9 Å². The summed E-state index contributed by atoms with van der Waals surface area (Å²) < 4.78 is 0. The van der Waals surface area contributed by atoms with Gasteiger partial charge in [-0.1, -0.05) is 36.4 Å². The fraction of sp³-hybridized carbons (Fsp3) is 0.176. The highest BCUT2D eigenvalue weighted by Gasteiger charge is 2.08. The van der Waals surface area contributed by atoms with Crippen LogP contribution in [0.25, 0.3) is 10.8 Å². The van der Waals surface area contributed by atoms with Crippen molar-refractivity contribution >= 4 is 16.6 Å². The normalized spacial score (nSPS) is 12.4. The topological polar surface area (TPSA) is 84.1 Å². The van der Waals surface area contributed by atoms with Crippen LogP contribution in [0.4, 0.5) is 5.82 Å². The molecule has 5 heteroatoms. The van der Waals surface area contributed by atoms with E-state index in [-0.39, 0.29) is 0 Å². The average molecular weight is 294 g/mol. The number of hydrogen-bond donors (Lipinski definition) is 3. The van der Waals surface area contributed by atoms with E-state index in [1.165, 1.54) is 5.39 Å². The van der Waals surface area contributed by atoms with Crippen LogP contribution in [0.3, 0.4) is 0 Å². The number of anilines is 1. The summed E-state index contributed by atoms with van der Waals surface area (Å²) in [4.78, 5) is 0. The number of aliphatic hydroxyl groups is 1. The number of benzene rings is 2. The van der Waals surface area contributed by atoms with Crippen molar-refractivity contribution in [2.45, 2.75) is 12.6 Å². The molecule has 0 aliphatic rings. The van der Waals surface area contributed by atoms with Crippen molar-refractivity contribution in [1.82, 2.24) is 15.5 Å². The van der Waals surface area contributed by atoms with Crippen LogP contribution >= 0.6 is 0 Å². The lowest BCUT2D eigenvalue weighted by Gasteiger charge is -2.13. The molecule has 0 saturated carbocycles. The summed E-state index contributed by atoms with van der Waals surface area (Å²) >= 11 is 0. The van der Waals surface area contributed by atoms with Crippen molar-refractivity contribution in [2.75, 3.05) is 12.3 Å². The predicted molar refractivity (Wildman–Crippen MR) is 87.1 cm³/mol. The van der Waals surface area contributed by atoms with Gasteiger partial charge in [0.05, 0.1) is 11.8 Å². The Morgan fingerprint density at radius 3 is 2.59 bits per heavy atom. The molecular formula is C17H18N4O. The second-order valence-electron chi connectivity index (χ2n) is 5.20. The number of rotatable bonds is 5. The Balaban J connectivity index is 1.60. The number of nitrogens with two attached hydrogens (primary N) is 1. The fourth-order valence-corrected chi connectivity index (χ4v) is 2.33. The van der Waals surface area contributed by atoms with Crippen LogP contribution in [0, 0.1) is 0 Å². The molecule has 1 aromatic heterocycles. The lowest BCUT2D eigenvalue weighted by Crippen LogP contribution is -2.21. The van der Waals surface area contributed by atoms with Gasteiger partial charge in [0.25, 0.3) is 0 Å². The standard InChI is InChI=1S/C17H18N4O/c18-17-8-7-15(20-21-17)10-19-11-16(22)14-6-5-12-3-1-2-4-13(12)9-14/h1-9,16,19,22H,10-11H2,(H2,18,21). The molecule has 2 aromatic carbocycles. The monoisotopic (exact) mass is 294 g/mol. The smallest absolute Gasteiger partial charge is 0.146 e. The zero-order valence-electron chi connectivity index (χ0n) is 12.1. The quantitative estimate of drug-likeness (QED) is 0.670. The Labute approximate surface area is 128 Å². The number of aliphatic hydroxyl groups excluding tert-OH is 1. The first-order valence-corrected chi connectivity index (χ1v) is 7.18. The molecule has 0 amide bonds. The van der Waals surface area contributed by atoms with Crippen LogP contribution in [0.5, 0.6) is 0 Å². The van der Waals surface area contributed by atoms with E-state index in [1.807, 2.05) is 42.5 Å². The Hall–Kier alpha value is -2.50. The van der Waals surface area contributed by atoms with Crippen molar-refractivity contribution in [3.63, 3.8) is 0 Å². The molecule has 0 bridgehead atoms. The predicted octanol–water partition coefficient (Wildman–Crippen LogP) is 2.04. The average Bonchev–Trinajstić information content (AvgIpc) is 2.56. The molecule has 0 saturated heterocycles. The maximum absolute atomic E-state index is 10.3. The Bertz CT molecular complexity index is 758. The highest BCUT2D eigenvalue weighted by atomic mass is 16.3. The molecule has 4 N–H and O–H groups in total. The highest BCUT2D eigenvalue weighted by molar-refractivity contribution is 5.83. The van der Waals surface area contributed by atoms with E-state index >= 15 is 0 Å². The van der Waals surface area contributed by atoms with Gasteiger partial charge in [0.1, 0.15) is 5.82 Å². The molecule has 112 valence electrons. The molecule has 0 radical (unpaired) electrons. The Morgan fingerprint density at radius 2 is 1.82 bits per heavy atom. The molecule has 0 aliphatic heterocycles. The Kier molecular flexibility index (Phi) is 4.27. The summed E-state index contributed by atoms with van der Waals surface area (Å²) in [5, 5.41) is 23.5. The zero-order chi connectivity index (χ0) is 15.4. The number of hydrogen-bond acceptors (Lipinski definition) is 5. The second-order valence-corrected chi connectivity index (χ2v) is 5.20. The van der Waals surface area contributed by atoms with Crippen molar-refractivity contribution < 1.29 is 5.11 Å². The third-order valence-corrected chi connectivity index (χ3v) is 3.54. The van der Waals surface area contributed by atoms with Crippen molar-refractivity contribution in [3.8, 4) is 0 Å². The van der Waals surface area contributed by atoms with E-state index in [2.05, 4.69) is 21.6 Å². The number of aromatic nitrogens is 2.